The number of rotatable bonds is 0. The van der Waals surface area contributed by atoms with E-state index in [4.69, 9.17) is 13.0 Å². The van der Waals surface area contributed by atoms with Crippen LogP contribution in [-0.2, 0) is 15.6 Å². The first-order valence-electron chi connectivity index (χ1n) is 6.77. The van der Waals surface area contributed by atoms with E-state index in [2.05, 4.69) is 0 Å². The minimum atomic E-state index is -6.09. The minimum Gasteiger partial charge on any atom is -0.741 e. The van der Waals surface area contributed by atoms with Crippen molar-refractivity contribution >= 4 is 40.8 Å². The van der Waals surface area contributed by atoms with Crippen molar-refractivity contribution in [2.45, 2.75) is 11.0 Å². The molecule has 3 aromatic rings. The fourth-order valence-electron chi connectivity index (χ4n) is 2.18. The molecule has 15 heteroatoms. The molecule has 29 heavy (non-hydrogen) atoms. The quantitative estimate of drug-likeness (QED) is 0.178. The predicted molar refractivity (Wildman–Crippen MR) is 80.8 cm³/mol. The molecular weight excluding hydrogens is 470 g/mol. The average molecular weight is 474 g/mol. The van der Waals surface area contributed by atoms with Crippen LogP contribution < -0.4 is 0 Å². The average Bonchev–Trinajstić information content (AvgIpc) is 2.80. The molecule has 1 heterocycles. The second-order valence-corrected chi connectivity index (χ2v) is 8.50. The van der Waals surface area contributed by atoms with Crippen molar-refractivity contribution in [2.24, 2.45) is 0 Å². The standard InChI is InChI=1S/C13H4F7S.CHF3O3S/c14-7-1-5-6-2-8(15)10(17)4-12(6)21(13(18,19)20)11(5)3-9(7)16;2-1(3,4)8(5,6)7/h1-4H;(H,5,6,7)/q+1;/p-1. The van der Waals surface area contributed by atoms with Gasteiger partial charge in [-0.2, -0.15) is 13.2 Å². The van der Waals surface area contributed by atoms with Gasteiger partial charge in [-0.1, -0.05) is 0 Å². The van der Waals surface area contributed by atoms with Gasteiger partial charge in [-0.3, -0.25) is 0 Å². The van der Waals surface area contributed by atoms with Gasteiger partial charge in [-0.05, 0) is 12.1 Å². The monoisotopic (exact) mass is 474 g/mol. The van der Waals surface area contributed by atoms with Gasteiger partial charge in [-0.25, -0.2) is 26.0 Å². The summed E-state index contributed by atoms with van der Waals surface area (Å²) in [4.78, 5) is 0. The van der Waals surface area contributed by atoms with Crippen molar-refractivity contribution in [3.8, 4) is 0 Å². The van der Waals surface area contributed by atoms with Crippen molar-refractivity contribution in [3.05, 3.63) is 47.5 Å². The number of hydrogen-bond donors (Lipinski definition) is 0. The number of hydrogen-bond acceptors (Lipinski definition) is 3. The predicted octanol–water partition coefficient (Wildman–Crippen LogP) is 5.83. The Labute approximate surface area is 156 Å². The summed E-state index contributed by atoms with van der Waals surface area (Å²) in [7, 11) is -8.74. The molecule has 0 aliphatic heterocycles. The number of benzene rings is 2. The van der Waals surface area contributed by atoms with Gasteiger partial charge in [0.1, 0.15) is 10.5 Å². The van der Waals surface area contributed by atoms with Crippen LogP contribution in [0.4, 0.5) is 43.9 Å². The zero-order valence-corrected chi connectivity index (χ0v) is 14.8. The number of fused-ring (bicyclic) bond motifs is 3. The van der Waals surface area contributed by atoms with Gasteiger partial charge >= 0.3 is 11.0 Å². The van der Waals surface area contributed by atoms with Crippen LogP contribution in [0.1, 0.15) is 0 Å². The third kappa shape index (κ3) is 4.56. The molecule has 0 aliphatic carbocycles. The maximum absolute atomic E-state index is 13.3. The molecule has 0 amide bonds. The first-order valence-corrected chi connectivity index (χ1v) is 9.40. The number of alkyl halides is 6. The summed E-state index contributed by atoms with van der Waals surface area (Å²) >= 11 is 0. The largest absolute Gasteiger partial charge is 0.741 e. The molecule has 160 valence electrons. The van der Waals surface area contributed by atoms with E-state index >= 15 is 0 Å². The van der Waals surface area contributed by atoms with Gasteiger partial charge in [0.25, 0.3) is 0 Å². The first-order chi connectivity index (χ1) is 12.9. The Morgan fingerprint density at radius 2 is 0.966 bits per heavy atom. The second kappa shape index (κ2) is 7.28. The van der Waals surface area contributed by atoms with E-state index < -0.39 is 64.3 Å². The van der Waals surface area contributed by atoms with Gasteiger partial charge in [0.2, 0.25) is 0 Å². The Morgan fingerprint density at radius 1 is 0.690 bits per heavy atom. The minimum absolute atomic E-state index is 0.275. The van der Waals surface area contributed by atoms with Crippen LogP contribution in [0.2, 0.25) is 0 Å². The van der Waals surface area contributed by atoms with Gasteiger partial charge in [0.05, 0.1) is 10.8 Å². The molecule has 0 atom stereocenters. The van der Waals surface area contributed by atoms with Crippen LogP contribution >= 0.6 is 10.5 Å². The molecule has 0 saturated heterocycles. The molecule has 0 N–H and O–H groups in total. The Kier molecular flexibility index (Phi) is 5.81. The smallest absolute Gasteiger partial charge is 0.601 e. The molecule has 3 nitrogen and oxygen atoms in total. The lowest BCUT2D eigenvalue weighted by molar-refractivity contribution is -0.0862. The molecule has 0 bridgehead atoms. The molecule has 0 aliphatic rings. The molecule has 0 radical (unpaired) electrons. The molecule has 0 unspecified atom stereocenters. The lowest BCUT2D eigenvalue weighted by Crippen LogP contribution is -2.21. The Hall–Kier alpha value is -2.13. The van der Waals surface area contributed by atoms with Crippen LogP contribution in [0.5, 0.6) is 0 Å². The summed E-state index contributed by atoms with van der Waals surface area (Å²) in [5.74, 6) is -5.58. The van der Waals surface area contributed by atoms with Gasteiger partial charge in [-0.15, -0.1) is 13.2 Å². The maximum Gasteiger partial charge on any atom is 0.601 e. The summed E-state index contributed by atoms with van der Waals surface area (Å²) in [5, 5.41) is -0.549. The molecular formula is C14H4F10O3S2. The number of thiophene rings is 1. The van der Waals surface area contributed by atoms with E-state index in [1.807, 2.05) is 0 Å². The molecule has 3 rings (SSSR count). The van der Waals surface area contributed by atoms with Gasteiger partial charge in [0.15, 0.2) is 42.8 Å². The highest BCUT2D eigenvalue weighted by atomic mass is 32.2. The summed E-state index contributed by atoms with van der Waals surface area (Å²) in [6.07, 6.45) is 0. The highest BCUT2D eigenvalue weighted by Gasteiger charge is 2.48. The van der Waals surface area contributed by atoms with E-state index in [1.54, 1.807) is 0 Å². The Morgan fingerprint density at radius 3 is 1.21 bits per heavy atom. The summed E-state index contributed by atoms with van der Waals surface area (Å²) < 4.78 is 150. The highest BCUT2D eigenvalue weighted by Crippen LogP contribution is 2.54. The first kappa shape index (κ1) is 23.2. The molecule has 0 saturated carbocycles. The van der Waals surface area contributed by atoms with E-state index in [0.29, 0.717) is 24.3 Å². The second-order valence-electron chi connectivity index (χ2n) is 5.18. The highest BCUT2D eigenvalue weighted by molar-refractivity contribution is 7.86. The fourth-order valence-corrected chi connectivity index (χ4v) is 4.14. The van der Waals surface area contributed by atoms with Crippen LogP contribution in [0.25, 0.3) is 20.2 Å². The normalized spacial score (nSPS) is 12.9. The molecule has 2 aromatic carbocycles. The van der Waals surface area contributed by atoms with Crippen LogP contribution in [0, 0.1) is 23.3 Å². The topological polar surface area (TPSA) is 57.2 Å². The van der Waals surface area contributed by atoms with Crippen LogP contribution in [-0.4, -0.2) is 18.5 Å². The summed E-state index contributed by atoms with van der Waals surface area (Å²) in [6.45, 7) is 0. The summed E-state index contributed by atoms with van der Waals surface area (Å²) in [5.41, 5.74) is -10.5. The fraction of sp³-hybridized carbons (Fsp3) is 0.143. The van der Waals surface area contributed by atoms with Crippen molar-refractivity contribution < 1.29 is 56.9 Å². The third-order valence-corrected chi connectivity index (χ3v) is 5.87. The zero-order valence-electron chi connectivity index (χ0n) is 13.1. The van der Waals surface area contributed by atoms with Crippen LogP contribution in [0.15, 0.2) is 24.3 Å². The van der Waals surface area contributed by atoms with Gasteiger partial charge < -0.3 is 4.55 Å². The SMILES string of the molecule is Fc1cc2c3cc(F)c(F)cc3[s+](C(F)(F)F)c2cc1F.O=S(=O)([O-])C(F)(F)F. The van der Waals surface area contributed by atoms with Crippen molar-refractivity contribution in [1.29, 1.82) is 0 Å². The molecule has 1 aromatic heterocycles. The lowest BCUT2D eigenvalue weighted by Gasteiger charge is -2.08. The van der Waals surface area contributed by atoms with E-state index in [-0.39, 0.29) is 10.8 Å². The summed E-state index contributed by atoms with van der Waals surface area (Å²) in [6, 6.07) is 1.99. The van der Waals surface area contributed by atoms with Crippen molar-refractivity contribution in [1.82, 2.24) is 0 Å². The van der Waals surface area contributed by atoms with Gasteiger partial charge in [0, 0.05) is 12.1 Å². The molecule has 0 spiro atoms. The van der Waals surface area contributed by atoms with E-state index in [1.165, 1.54) is 0 Å². The van der Waals surface area contributed by atoms with E-state index in [0.717, 1.165) is 0 Å². The molecule has 0 fully saturated rings. The third-order valence-electron chi connectivity index (χ3n) is 3.29. The van der Waals surface area contributed by atoms with Crippen molar-refractivity contribution in [2.75, 3.05) is 0 Å². The van der Waals surface area contributed by atoms with E-state index in [9.17, 15) is 43.9 Å². The van der Waals surface area contributed by atoms with Crippen LogP contribution in [0.3, 0.4) is 0 Å². The maximum atomic E-state index is 13.3. The Bertz CT molecular complexity index is 1130. The zero-order chi connectivity index (χ0) is 22.5. The Balaban J connectivity index is 0.000000321. The number of halogens is 10. The lowest BCUT2D eigenvalue weighted by atomic mass is 10.1. The van der Waals surface area contributed by atoms with Crippen molar-refractivity contribution in [3.63, 3.8) is 0 Å².